The van der Waals surface area contributed by atoms with Gasteiger partial charge in [0.1, 0.15) is 0 Å². The van der Waals surface area contributed by atoms with Gasteiger partial charge in [0.25, 0.3) is 0 Å². The van der Waals surface area contributed by atoms with Gasteiger partial charge in [0.15, 0.2) is 5.11 Å². The fourth-order valence-corrected chi connectivity index (χ4v) is 1.99. The van der Waals surface area contributed by atoms with Crippen molar-refractivity contribution in [3.8, 4) is 0 Å². The van der Waals surface area contributed by atoms with E-state index in [-0.39, 0.29) is 0 Å². The molecular formula is C14H17N5S. The summed E-state index contributed by atoms with van der Waals surface area (Å²) in [5, 5.41) is 5.28. The summed E-state index contributed by atoms with van der Waals surface area (Å²) in [5.74, 6) is 0.583. The van der Waals surface area contributed by atoms with Gasteiger partial charge in [0.05, 0.1) is 0 Å². The van der Waals surface area contributed by atoms with Crippen LogP contribution in [-0.2, 0) is 0 Å². The van der Waals surface area contributed by atoms with Crippen LogP contribution in [0.15, 0.2) is 36.4 Å². The van der Waals surface area contributed by atoms with E-state index >= 15 is 0 Å². The van der Waals surface area contributed by atoms with Crippen molar-refractivity contribution in [2.45, 2.75) is 13.8 Å². The van der Waals surface area contributed by atoms with Crippen LogP contribution in [0.5, 0.6) is 0 Å². The zero-order valence-electron chi connectivity index (χ0n) is 11.7. The fourth-order valence-electron chi connectivity index (χ4n) is 1.74. The van der Waals surface area contributed by atoms with Crippen molar-refractivity contribution in [1.29, 1.82) is 0 Å². The Hall–Kier alpha value is -2.21. The quantitative estimate of drug-likeness (QED) is 0.668. The third kappa shape index (κ3) is 3.89. The number of benzene rings is 1. The van der Waals surface area contributed by atoms with Crippen molar-refractivity contribution in [2.24, 2.45) is 0 Å². The van der Waals surface area contributed by atoms with Crippen LogP contribution in [0.4, 0.5) is 11.6 Å². The van der Waals surface area contributed by atoms with Crippen LogP contribution in [0.3, 0.4) is 0 Å². The highest BCUT2D eigenvalue weighted by Gasteiger charge is 2.07. The third-order valence-electron chi connectivity index (χ3n) is 2.57. The SMILES string of the molecule is Cc1cc(C)nc(N(C)NC(=S)Nc2ccccc2)n1. The van der Waals surface area contributed by atoms with Gasteiger partial charge in [-0.1, -0.05) is 18.2 Å². The minimum Gasteiger partial charge on any atom is -0.331 e. The van der Waals surface area contributed by atoms with Gasteiger partial charge in [-0.25, -0.2) is 9.97 Å². The molecule has 2 N–H and O–H groups in total. The average Bonchev–Trinajstić information content (AvgIpc) is 2.38. The van der Waals surface area contributed by atoms with E-state index in [1.165, 1.54) is 0 Å². The summed E-state index contributed by atoms with van der Waals surface area (Å²) in [4.78, 5) is 8.72. The number of nitrogens with one attached hydrogen (secondary N) is 2. The minimum absolute atomic E-state index is 0.487. The van der Waals surface area contributed by atoms with Crippen LogP contribution in [0.1, 0.15) is 11.4 Å². The number of nitrogens with zero attached hydrogens (tertiary/aromatic N) is 3. The Morgan fingerprint density at radius 3 is 2.30 bits per heavy atom. The molecule has 0 aliphatic rings. The Morgan fingerprint density at radius 2 is 1.70 bits per heavy atom. The molecule has 20 heavy (non-hydrogen) atoms. The number of hydrogen-bond donors (Lipinski definition) is 2. The van der Waals surface area contributed by atoms with Crippen LogP contribution >= 0.6 is 12.2 Å². The summed E-state index contributed by atoms with van der Waals surface area (Å²) >= 11 is 5.26. The molecule has 1 aromatic heterocycles. The van der Waals surface area contributed by atoms with Crippen LogP contribution in [-0.4, -0.2) is 22.1 Å². The summed E-state index contributed by atoms with van der Waals surface area (Å²) in [6.45, 7) is 3.87. The van der Waals surface area contributed by atoms with Crippen molar-refractivity contribution in [3.63, 3.8) is 0 Å². The Morgan fingerprint density at radius 1 is 1.10 bits per heavy atom. The van der Waals surface area contributed by atoms with Gasteiger partial charge in [-0.2, -0.15) is 0 Å². The number of hydrogen-bond acceptors (Lipinski definition) is 4. The fraction of sp³-hybridized carbons (Fsp3) is 0.214. The molecule has 0 unspecified atom stereocenters. The largest absolute Gasteiger partial charge is 0.331 e. The molecule has 0 radical (unpaired) electrons. The second-order valence-electron chi connectivity index (χ2n) is 4.44. The monoisotopic (exact) mass is 287 g/mol. The molecule has 0 atom stereocenters. The zero-order chi connectivity index (χ0) is 14.5. The molecule has 104 valence electrons. The molecule has 0 fully saturated rings. The second kappa shape index (κ2) is 6.29. The molecule has 0 saturated carbocycles. The molecule has 0 aliphatic carbocycles. The summed E-state index contributed by atoms with van der Waals surface area (Å²) < 4.78 is 0. The van der Waals surface area contributed by atoms with Gasteiger partial charge in [-0.15, -0.1) is 0 Å². The van der Waals surface area contributed by atoms with Crippen molar-refractivity contribution in [2.75, 3.05) is 17.4 Å². The van der Waals surface area contributed by atoms with E-state index in [0.29, 0.717) is 11.1 Å². The number of rotatable bonds is 3. The highest BCUT2D eigenvalue weighted by atomic mass is 32.1. The molecule has 1 aromatic carbocycles. The predicted octanol–water partition coefficient (Wildman–Crippen LogP) is 2.43. The highest BCUT2D eigenvalue weighted by molar-refractivity contribution is 7.80. The maximum Gasteiger partial charge on any atom is 0.244 e. The first-order valence-corrected chi connectivity index (χ1v) is 6.64. The van der Waals surface area contributed by atoms with Gasteiger partial charge in [0, 0.05) is 24.1 Å². The van der Waals surface area contributed by atoms with E-state index in [1.807, 2.05) is 57.3 Å². The lowest BCUT2D eigenvalue weighted by atomic mass is 10.3. The molecule has 1 heterocycles. The number of aryl methyl sites for hydroxylation is 2. The number of aromatic nitrogens is 2. The predicted molar refractivity (Wildman–Crippen MR) is 85.7 cm³/mol. The van der Waals surface area contributed by atoms with Gasteiger partial charge in [-0.3, -0.25) is 10.4 Å². The van der Waals surface area contributed by atoms with Gasteiger partial charge in [-0.05, 0) is 44.3 Å². The zero-order valence-corrected chi connectivity index (χ0v) is 12.5. The average molecular weight is 287 g/mol. The lowest BCUT2D eigenvalue weighted by Gasteiger charge is -2.21. The normalized spacial score (nSPS) is 9.95. The summed E-state index contributed by atoms with van der Waals surface area (Å²) in [7, 11) is 1.83. The lowest BCUT2D eigenvalue weighted by molar-refractivity contribution is 0.823. The van der Waals surface area contributed by atoms with Gasteiger partial charge >= 0.3 is 0 Å². The van der Waals surface area contributed by atoms with E-state index in [1.54, 1.807) is 5.01 Å². The van der Waals surface area contributed by atoms with E-state index in [4.69, 9.17) is 12.2 Å². The Kier molecular flexibility index (Phi) is 4.47. The minimum atomic E-state index is 0.487. The first-order valence-electron chi connectivity index (χ1n) is 6.23. The topological polar surface area (TPSA) is 53.1 Å². The molecule has 0 amide bonds. The maximum absolute atomic E-state index is 5.26. The van der Waals surface area contributed by atoms with Crippen LogP contribution in [0.25, 0.3) is 0 Å². The van der Waals surface area contributed by atoms with Crippen molar-refractivity contribution in [1.82, 2.24) is 15.4 Å². The smallest absolute Gasteiger partial charge is 0.244 e. The standard InChI is InChI=1S/C14H17N5S/c1-10-9-11(2)16-13(15-10)19(3)18-14(20)17-12-7-5-4-6-8-12/h4-9H,1-3H3,(H2,17,18,20). The number of anilines is 2. The lowest BCUT2D eigenvalue weighted by Crippen LogP contribution is -2.42. The molecule has 6 heteroatoms. The van der Waals surface area contributed by atoms with E-state index in [2.05, 4.69) is 20.7 Å². The molecule has 0 spiro atoms. The van der Waals surface area contributed by atoms with Crippen LogP contribution in [0.2, 0.25) is 0 Å². The first kappa shape index (κ1) is 14.2. The van der Waals surface area contributed by atoms with Crippen molar-refractivity contribution >= 4 is 29.0 Å². The summed E-state index contributed by atoms with van der Waals surface area (Å²) in [5.41, 5.74) is 5.80. The van der Waals surface area contributed by atoms with E-state index in [0.717, 1.165) is 17.1 Å². The molecule has 2 rings (SSSR count). The van der Waals surface area contributed by atoms with Crippen molar-refractivity contribution in [3.05, 3.63) is 47.8 Å². The molecular weight excluding hydrogens is 270 g/mol. The summed E-state index contributed by atoms with van der Waals surface area (Å²) in [6, 6.07) is 11.7. The number of thiocarbonyl (C=S) groups is 1. The summed E-state index contributed by atoms with van der Waals surface area (Å²) in [6.07, 6.45) is 0. The third-order valence-corrected chi connectivity index (χ3v) is 2.76. The second-order valence-corrected chi connectivity index (χ2v) is 4.85. The van der Waals surface area contributed by atoms with E-state index < -0.39 is 0 Å². The van der Waals surface area contributed by atoms with Crippen LogP contribution in [0, 0.1) is 13.8 Å². The first-order chi connectivity index (χ1) is 9.54. The Bertz CT molecular complexity index is 580. The van der Waals surface area contributed by atoms with Gasteiger partial charge in [0.2, 0.25) is 5.95 Å². The molecule has 2 aromatic rings. The highest BCUT2D eigenvalue weighted by Crippen LogP contribution is 2.07. The Balaban J connectivity index is 2.00. The van der Waals surface area contributed by atoms with Crippen LogP contribution < -0.4 is 15.8 Å². The van der Waals surface area contributed by atoms with E-state index in [9.17, 15) is 0 Å². The van der Waals surface area contributed by atoms with Gasteiger partial charge < -0.3 is 5.32 Å². The molecule has 0 aliphatic heterocycles. The maximum atomic E-state index is 5.26. The number of hydrazine groups is 1. The molecule has 5 nitrogen and oxygen atoms in total. The van der Waals surface area contributed by atoms with Crippen molar-refractivity contribution < 1.29 is 0 Å². The molecule has 0 saturated heterocycles. The Labute approximate surface area is 124 Å². The molecule has 0 bridgehead atoms. The number of para-hydroxylation sites is 1.